The Hall–Kier alpha value is -2.51. The van der Waals surface area contributed by atoms with Gasteiger partial charge in [-0.05, 0) is 48.9 Å². The van der Waals surface area contributed by atoms with Crippen LogP contribution in [-0.4, -0.2) is 69.1 Å². The molecule has 0 radical (unpaired) electrons. The van der Waals surface area contributed by atoms with Gasteiger partial charge >= 0.3 is 0 Å². The van der Waals surface area contributed by atoms with E-state index in [4.69, 9.17) is 0 Å². The van der Waals surface area contributed by atoms with Crippen LogP contribution in [0.1, 0.15) is 27.5 Å². The average molecular weight is 415 g/mol. The number of piperazine rings is 1. The molecule has 160 valence electrons. The highest BCUT2D eigenvalue weighted by Gasteiger charge is 2.26. The predicted molar refractivity (Wildman–Crippen MR) is 114 cm³/mol. The molecule has 1 N–H and O–H groups in total. The van der Waals surface area contributed by atoms with Crippen LogP contribution in [0.3, 0.4) is 0 Å². The number of rotatable bonds is 5. The van der Waals surface area contributed by atoms with Gasteiger partial charge < -0.3 is 15.1 Å². The van der Waals surface area contributed by atoms with Crippen LogP contribution in [0, 0.1) is 11.6 Å². The quantitative estimate of drug-likeness (QED) is 0.817. The number of hydrogen-bond acceptors (Lipinski definition) is 4. The number of likely N-dealkylation sites (N-methyl/N-ethyl adjacent to an activating group) is 2. The normalized spacial score (nSPS) is 18.3. The average Bonchev–Trinajstić information content (AvgIpc) is 3.11. The van der Waals surface area contributed by atoms with E-state index >= 15 is 0 Å². The number of benzene rings is 2. The number of amides is 1. The number of hydrogen-bond donors (Lipinski definition) is 1. The van der Waals surface area contributed by atoms with Gasteiger partial charge in [0, 0.05) is 57.6 Å². The minimum absolute atomic E-state index is 0.0316. The third kappa shape index (κ3) is 4.32. The van der Waals surface area contributed by atoms with Gasteiger partial charge in [0.15, 0.2) is 11.6 Å². The summed E-state index contributed by atoms with van der Waals surface area (Å²) in [4.78, 5) is 19.5. The second-order valence-corrected chi connectivity index (χ2v) is 8.25. The molecule has 0 aliphatic carbocycles. The van der Waals surface area contributed by atoms with E-state index in [9.17, 15) is 13.6 Å². The maximum absolute atomic E-state index is 13.5. The van der Waals surface area contributed by atoms with Gasteiger partial charge in [0.05, 0.1) is 6.04 Å². The first-order valence-electron chi connectivity index (χ1n) is 10.4. The molecule has 30 heavy (non-hydrogen) atoms. The van der Waals surface area contributed by atoms with Gasteiger partial charge in [-0.15, -0.1) is 0 Å². The van der Waals surface area contributed by atoms with Crippen LogP contribution in [0.5, 0.6) is 0 Å². The van der Waals surface area contributed by atoms with Gasteiger partial charge in [-0.3, -0.25) is 9.69 Å². The van der Waals surface area contributed by atoms with Crippen molar-refractivity contribution >= 4 is 11.6 Å². The number of nitrogens with one attached hydrogen (secondary N) is 1. The predicted octanol–water partition coefficient (Wildman–Crippen LogP) is 2.68. The zero-order valence-electron chi connectivity index (χ0n) is 17.5. The molecule has 0 bridgehead atoms. The monoisotopic (exact) mass is 414 g/mol. The maximum atomic E-state index is 13.5. The largest absolute Gasteiger partial charge is 0.374 e. The Balaban J connectivity index is 1.53. The number of fused-ring (bicyclic) bond motifs is 1. The van der Waals surface area contributed by atoms with Crippen molar-refractivity contribution in [3.05, 3.63) is 64.7 Å². The summed E-state index contributed by atoms with van der Waals surface area (Å²) < 4.78 is 26.7. The molecule has 4 rings (SSSR count). The topological polar surface area (TPSA) is 38.8 Å². The van der Waals surface area contributed by atoms with E-state index in [0.29, 0.717) is 6.54 Å². The van der Waals surface area contributed by atoms with Crippen LogP contribution >= 0.6 is 0 Å². The van der Waals surface area contributed by atoms with Crippen molar-refractivity contribution < 1.29 is 13.6 Å². The molecule has 7 heteroatoms. The fourth-order valence-electron chi connectivity index (χ4n) is 4.31. The highest BCUT2D eigenvalue weighted by molar-refractivity contribution is 5.94. The summed E-state index contributed by atoms with van der Waals surface area (Å²) in [6.07, 6.45) is 1.02. The van der Waals surface area contributed by atoms with Crippen molar-refractivity contribution in [2.75, 3.05) is 58.3 Å². The molecule has 0 unspecified atom stereocenters. The Morgan fingerprint density at radius 2 is 1.77 bits per heavy atom. The zero-order chi connectivity index (χ0) is 21.3. The smallest absolute Gasteiger partial charge is 0.251 e. The van der Waals surface area contributed by atoms with Crippen LogP contribution in [0.15, 0.2) is 36.4 Å². The number of carbonyl (C=O) groups excluding carboxylic acids is 1. The van der Waals surface area contributed by atoms with Crippen molar-refractivity contribution in [1.29, 1.82) is 0 Å². The SMILES string of the molecule is CN1CCN([C@H](CNC(=O)c2ccc(F)c(F)c2)c2ccc3c(c2)CCN3C)CC1. The summed E-state index contributed by atoms with van der Waals surface area (Å²) in [6.45, 7) is 5.21. The van der Waals surface area contributed by atoms with Gasteiger partial charge in [0.25, 0.3) is 5.91 Å². The van der Waals surface area contributed by atoms with E-state index in [1.54, 1.807) is 0 Å². The molecule has 1 amide bonds. The van der Waals surface area contributed by atoms with Gasteiger partial charge in [0.1, 0.15) is 0 Å². The minimum atomic E-state index is -1.01. The Kier molecular flexibility index (Phi) is 6.01. The summed E-state index contributed by atoms with van der Waals surface area (Å²) in [5.41, 5.74) is 3.91. The van der Waals surface area contributed by atoms with E-state index in [1.807, 2.05) is 0 Å². The van der Waals surface area contributed by atoms with Crippen molar-refractivity contribution in [2.24, 2.45) is 0 Å². The van der Waals surface area contributed by atoms with E-state index in [1.165, 1.54) is 22.9 Å². The van der Waals surface area contributed by atoms with Gasteiger partial charge in [-0.1, -0.05) is 12.1 Å². The van der Waals surface area contributed by atoms with Gasteiger partial charge in [-0.2, -0.15) is 0 Å². The molecule has 5 nitrogen and oxygen atoms in total. The molecule has 0 spiro atoms. The minimum Gasteiger partial charge on any atom is -0.374 e. The second-order valence-electron chi connectivity index (χ2n) is 8.25. The number of nitrogens with zero attached hydrogens (tertiary/aromatic N) is 3. The molecule has 1 fully saturated rings. The first kappa shape index (κ1) is 20.8. The van der Waals surface area contributed by atoms with E-state index in [-0.39, 0.29) is 11.6 Å². The van der Waals surface area contributed by atoms with Crippen LogP contribution < -0.4 is 10.2 Å². The summed E-state index contributed by atoms with van der Waals surface area (Å²) in [5, 5.41) is 2.94. The van der Waals surface area contributed by atoms with Crippen molar-refractivity contribution in [3.8, 4) is 0 Å². The van der Waals surface area contributed by atoms with Gasteiger partial charge in [0.2, 0.25) is 0 Å². The van der Waals surface area contributed by atoms with E-state index in [0.717, 1.165) is 51.3 Å². The van der Waals surface area contributed by atoms with E-state index in [2.05, 4.69) is 52.3 Å². The first-order chi connectivity index (χ1) is 14.4. The molecule has 0 saturated carbocycles. The molecular formula is C23H28F2N4O. The summed E-state index contributed by atoms with van der Waals surface area (Å²) >= 11 is 0. The van der Waals surface area contributed by atoms with Crippen molar-refractivity contribution in [3.63, 3.8) is 0 Å². The fraction of sp³-hybridized carbons (Fsp3) is 0.435. The Labute approximate surface area is 176 Å². The second kappa shape index (κ2) is 8.70. The lowest BCUT2D eigenvalue weighted by Crippen LogP contribution is -2.48. The Bertz CT molecular complexity index is 927. The molecule has 2 aromatic rings. The molecule has 0 aromatic heterocycles. The number of anilines is 1. The Morgan fingerprint density at radius 3 is 2.50 bits per heavy atom. The molecule has 1 saturated heterocycles. The summed E-state index contributed by atoms with van der Waals surface area (Å²) in [5.74, 6) is -2.36. The molecule has 2 heterocycles. The fourth-order valence-corrected chi connectivity index (χ4v) is 4.31. The standard InChI is InChI=1S/C23H28F2N4O/c1-27-9-11-29(12-10-27)22(16-4-6-21-17(13-16)7-8-28(21)2)15-26-23(30)18-3-5-19(24)20(25)14-18/h3-6,13-14,22H,7-12,15H2,1-2H3,(H,26,30)/t22-/m1/s1. The molecule has 2 aromatic carbocycles. The van der Waals surface area contributed by atoms with E-state index < -0.39 is 17.5 Å². The molecule has 2 aliphatic heterocycles. The highest BCUT2D eigenvalue weighted by atomic mass is 19.2. The zero-order valence-corrected chi connectivity index (χ0v) is 17.5. The number of halogens is 2. The Morgan fingerprint density at radius 1 is 1.00 bits per heavy atom. The lowest BCUT2D eigenvalue weighted by molar-refractivity contribution is 0.0885. The van der Waals surface area contributed by atoms with Crippen molar-refractivity contribution in [2.45, 2.75) is 12.5 Å². The molecule has 2 aliphatic rings. The van der Waals surface area contributed by atoms with Crippen LogP contribution in [0.2, 0.25) is 0 Å². The van der Waals surface area contributed by atoms with Crippen LogP contribution in [-0.2, 0) is 6.42 Å². The maximum Gasteiger partial charge on any atom is 0.251 e. The lowest BCUT2D eigenvalue weighted by atomic mass is 10.00. The van der Waals surface area contributed by atoms with Gasteiger partial charge in [-0.25, -0.2) is 8.78 Å². The van der Waals surface area contributed by atoms with Crippen LogP contribution in [0.4, 0.5) is 14.5 Å². The number of carbonyl (C=O) groups is 1. The van der Waals surface area contributed by atoms with Crippen molar-refractivity contribution in [1.82, 2.24) is 15.1 Å². The summed E-state index contributed by atoms with van der Waals surface area (Å²) in [7, 11) is 4.22. The lowest BCUT2D eigenvalue weighted by Gasteiger charge is -2.38. The molecular weight excluding hydrogens is 386 g/mol. The summed E-state index contributed by atoms with van der Waals surface area (Å²) in [6, 6.07) is 9.84. The molecule has 1 atom stereocenters. The third-order valence-electron chi connectivity index (χ3n) is 6.23. The third-order valence-corrected chi connectivity index (χ3v) is 6.23. The van der Waals surface area contributed by atoms with Crippen LogP contribution in [0.25, 0.3) is 0 Å². The first-order valence-corrected chi connectivity index (χ1v) is 10.4. The highest BCUT2D eigenvalue weighted by Crippen LogP contribution is 2.31.